The summed E-state index contributed by atoms with van der Waals surface area (Å²) in [5, 5.41) is 0.657. The van der Waals surface area contributed by atoms with Crippen LogP contribution in [-0.2, 0) is 4.74 Å². The van der Waals surface area contributed by atoms with Crippen molar-refractivity contribution in [3.05, 3.63) is 29.3 Å². The zero-order valence-corrected chi connectivity index (χ0v) is 14.2. The second-order valence-electron chi connectivity index (χ2n) is 6.53. The number of amides is 1. The van der Waals surface area contributed by atoms with Gasteiger partial charge >= 0.3 is 6.09 Å². The van der Waals surface area contributed by atoms with Crippen molar-refractivity contribution >= 4 is 23.4 Å². The Labute approximate surface area is 137 Å². The number of halogens is 1. The Morgan fingerprint density at radius 2 is 1.95 bits per heavy atom. The molecule has 5 heteroatoms. The second kappa shape index (κ2) is 7.73. The molecule has 1 amide bonds. The summed E-state index contributed by atoms with van der Waals surface area (Å²) >= 11 is 5.82. The van der Waals surface area contributed by atoms with Crippen LogP contribution in [0, 0.1) is 17.8 Å². The number of anilines is 1. The zero-order chi connectivity index (χ0) is 16.1. The van der Waals surface area contributed by atoms with Crippen LogP contribution >= 0.6 is 11.6 Å². The van der Waals surface area contributed by atoms with Gasteiger partial charge in [-0.3, -0.25) is 5.43 Å². The summed E-state index contributed by atoms with van der Waals surface area (Å²) in [7, 11) is 0. The van der Waals surface area contributed by atoms with E-state index < -0.39 is 6.09 Å². The van der Waals surface area contributed by atoms with Gasteiger partial charge in [-0.1, -0.05) is 38.8 Å². The first-order valence-corrected chi connectivity index (χ1v) is 8.31. The molecule has 1 aromatic rings. The van der Waals surface area contributed by atoms with Crippen LogP contribution in [-0.4, -0.2) is 12.2 Å². The van der Waals surface area contributed by atoms with Crippen LogP contribution in [0.4, 0.5) is 10.5 Å². The molecule has 0 aliphatic heterocycles. The Kier molecular flexibility index (Phi) is 5.95. The van der Waals surface area contributed by atoms with Gasteiger partial charge in [-0.15, -0.1) is 0 Å². The lowest BCUT2D eigenvalue weighted by atomic mass is 9.75. The maximum atomic E-state index is 12.0. The highest BCUT2D eigenvalue weighted by atomic mass is 35.5. The number of ether oxygens (including phenoxy) is 1. The maximum Gasteiger partial charge on any atom is 0.426 e. The van der Waals surface area contributed by atoms with E-state index in [2.05, 4.69) is 31.6 Å². The highest BCUT2D eigenvalue weighted by Gasteiger charge is 2.33. The monoisotopic (exact) mass is 324 g/mol. The van der Waals surface area contributed by atoms with Gasteiger partial charge in [0, 0.05) is 5.02 Å². The molecule has 1 aliphatic rings. The van der Waals surface area contributed by atoms with E-state index in [4.69, 9.17) is 16.3 Å². The fourth-order valence-electron chi connectivity index (χ4n) is 3.07. The summed E-state index contributed by atoms with van der Waals surface area (Å²) in [4.78, 5) is 12.0. The summed E-state index contributed by atoms with van der Waals surface area (Å²) in [6, 6.07) is 7.10. The summed E-state index contributed by atoms with van der Waals surface area (Å²) in [6.45, 7) is 6.61. The molecule has 0 heterocycles. The summed E-state index contributed by atoms with van der Waals surface area (Å²) in [5.74, 6) is 1.57. The van der Waals surface area contributed by atoms with Crippen molar-refractivity contribution in [2.75, 3.05) is 5.43 Å². The summed E-state index contributed by atoms with van der Waals surface area (Å²) in [6.07, 6.45) is 2.85. The van der Waals surface area contributed by atoms with E-state index >= 15 is 0 Å². The van der Waals surface area contributed by atoms with Crippen molar-refractivity contribution in [3.63, 3.8) is 0 Å². The van der Waals surface area contributed by atoms with Gasteiger partial charge in [0.25, 0.3) is 0 Å². The highest BCUT2D eigenvalue weighted by Crippen LogP contribution is 2.35. The lowest BCUT2D eigenvalue weighted by Gasteiger charge is -2.36. The maximum absolute atomic E-state index is 12.0. The van der Waals surface area contributed by atoms with Crippen molar-refractivity contribution in [2.45, 2.75) is 46.1 Å². The molecule has 1 fully saturated rings. The van der Waals surface area contributed by atoms with Gasteiger partial charge in [0.05, 0.1) is 5.69 Å². The van der Waals surface area contributed by atoms with E-state index in [1.165, 1.54) is 6.42 Å². The number of hydrogen-bond acceptors (Lipinski definition) is 3. The molecule has 0 radical (unpaired) electrons. The number of hydrazine groups is 1. The summed E-state index contributed by atoms with van der Waals surface area (Å²) < 4.78 is 5.64. The van der Waals surface area contributed by atoms with Crippen LogP contribution in [0.25, 0.3) is 0 Å². The van der Waals surface area contributed by atoms with E-state index in [1.807, 2.05) is 0 Å². The van der Waals surface area contributed by atoms with Crippen molar-refractivity contribution in [3.8, 4) is 0 Å². The lowest BCUT2D eigenvalue weighted by molar-refractivity contribution is 0.00701. The Bertz CT molecular complexity index is 490. The average Bonchev–Trinajstić information content (AvgIpc) is 2.46. The Balaban J connectivity index is 1.85. The largest absolute Gasteiger partial charge is 0.445 e. The first-order chi connectivity index (χ1) is 10.5. The number of benzene rings is 1. The molecule has 0 saturated heterocycles. The first kappa shape index (κ1) is 16.9. The quantitative estimate of drug-likeness (QED) is 0.778. The lowest BCUT2D eigenvalue weighted by Crippen LogP contribution is -2.40. The van der Waals surface area contributed by atoms with Crippen LogP contribution in [0.1, 0.15) is 40.0 Å². The number of carbonyl (C=O) groups excluding carboxylic acids is 1. The third-order valence-electron chi connectivity index (χ3n) is 4.37. The fourth-order valence-corrected chi connectivity index (χ4v) is 3.20. The molecule has 2 N–H and O–H groups in total. The predicted octanol–water partition coefficient (Wildman–Crippen LogP) is 4.85. The molecule has 122 valence electrons. The molecular weight excluding hydrogens is 300 g/mol. The Morgan fingerprint density at radius 1 is 1.27 bits per heavy atom. The van der Waals surface area contributed by atoms with Gasteiger partial charge in [-0.05, 0) is 54.9 Å². The van der Waals surface area contributed by atoms with Gasteiger partial charge in [-0.2, -0.15) is 0 Å². The first-order valence-electron chi connectivity index (χ1n) is 7.94. The predicted molar refractivity (Wildman–Crippen MR) is 89.8 cm³/mol. The molecule has 0 bridgehead atoms. The van der Waals surface area contributed by atoms with Crippen molar-refractivity contribution in [1.82, 2.24) is 5.43 Å². The van der Waals surface area contributed by atoms with Crippen molar-refractivity contribution in [2.24, 2.45) is 17.8 Å². The SMILES string of the molecule is CC(C)[C@@H]1CC[C@@H](C)CC1OC(=O)NNc1ccc(Cl)cc1. The highest BCUT2D eigenvalue weighted by molar-refractivity contribution is 6.30. The van der Waals surface area contributed by atoms with Crippen LogP contribution in [0.3, 0.4) is 0 Å². The third kappa shape index (κ3) is 4.80. The number of nitrogens with one attached hydrogen (secondary N) is 2. The minimum absolute atomic E-state index is 0.00392. The molecule has 0 aromatic heterocycles. The molecule has 22 heavy (non-hydrogen) atoms. The second-order valence-corrected chi connectivity index (χ2v) is 6.96. The number of carbonyl (C=O) groups is 1. The van der Waals surface area contributed by atoms with Gasteiger partial charge in [0.1, 0.15) is 6.10 Å². The summed E-state index contributed by atoms with van der Waals surface area (Å²) in [5.41, 5.74) is 6.18. The van der Waals surface area contributed by atoms with E-state index in [9.17, 15) is 4.79 Å². The number of hydrogen-bond donors (Lipinski definition) is 2. The van der Waals surface area contributed by atoms with Gasteiger partial charge in [-0.25, -0.2) is 10.2 Å². The molecule has 1 unspecified atom stereocenters. The number of rotatable bonds is 4. The van der Waals surface area contributed by atoms with Crippen molar-refractivity contribution < 1.29 is 9.53 Å². The average molecular weight is 325 g/mol. The smallest absolute Gasteiger partial charge is 0.426 e. The minimum Gasteiger partial charge on any atom is -0.445 e. The zero-order valence-electron chi connectivity index (χ0n) is 13.4. The Hall–Kier alpha value is -1.42. The van der Waals surface area contributed by atoms with E-state index in [1.54, 1.807) is 24.3 Å². The van der Waals surface area contributed by atoms with E-state index in [-0.39, 0.29) is 6.10 Å². The van der Waals surface area contributed by atoms with Crippen LogP contribution in [0.15, 0.2) is 24.3 Å². The van der Waals surface area contributed by atoms with Crippen LogP contribution in [0.5, 0.6) is 0 Å². The fraction of sp³-hybridized carbons (Fsp3) is 0.588. The molecular formula is C17H25ClN2O2. The molecule has 1 saturated carbocycles. The molecule has 1 aromatic carbocycles. The minimum atomic E-state index is -0.431. The normalized spacial score (nSPS) is 24.9. The van der Waals surface area contributed by atoms with E-state index in [0.29, 0.717) is 22.8 Å². The van der Waals surface area contributed by atoms with Gasteiger partial charge in [0.15, 0.2) is 0 Å². The molecule has 0 spiro atoms. The van der Waals surface area contributed by atoms with Crippen LogP contribution in [0.2, 0.25) is 5.02 Å². The van der Waals surface area contributed by atoms with Gasteiger partial charge in [0.2, 0.25) is 0 Å². The molecule has 4 nitrogen and oxygen atoms in total. The van der Waals surface area contributed by atoms with Gasteiger partial charge < -0.3 is 4.74 Å². The van der Waals surface area contributed by atoms with Crippen molar-refractivity contribution in [1.29, 1.82) is 0 Å². The standard InChI is InChI=1S/C17H25ClN2O2/c1-11(2)15-9-4-12(3)10-16(15)22-17(21)20-19-14-7-5-13(18)6-8-14/h5-8,11-12,15-16,19H,4,9-10H2,1-3H3,(H,20,21)/t12-,15+,16?/m1/s1. The topological polar surface area (TPSA) is 50.4 Å². The van der Waals surface area contributed by atoms with E-state index in [0.717, 1.165) is 18.5 Å². The molecule has 3 atom stereocenters. The third-order valence-corrected chi connectivity index (χ3v) is 4.62. The molecule has 2 rings (SSSR count). The Morgan fingerprint density at radius 3 is 2.59 bits per heavy atom. The molecule has 1 aliphatic carbocycles. The van der Waals surface area contributed by atoms with Crippen LogP contribution < -0.4 is 10.9 Å².